The van der Waals surface area contributed by atoms with E-state index in [1.54, 1.807) is 41.5 Å². The number of amides is 3. The van der Waals surface area contributed by atoms with Crippen LogP contribution in [0.2, 0.25) is 0 Å². The molecule has 0 unspecified atom stereocenters. The maximum absolute atomic E-state index is 11.3. The van der Waals surface area contributed by atoms with Crippen LogP contribution >= 0.6 is 0 Å². The quantitative estimate of drug-likeness (QED) is 0.100. The van der Waals surface area contributed by atoms with Crippen molar-refractivity contribution in [1.82, 2.24) is 10.6 Å². The van der Waals surface area contributed by atoms with E-state index in [1.807, 2.05) is 0 Å². The number of carbonyl (C=O) groups excluding carboxylic acids is 3. The Labute approximate surface area is 301 Å². The van der Waals surface area contributed by atoms with Crippen molar-refractivity contribution in [2.75, 3.05) is 19.6 Å². The smallest absolute Gasteiger partial charge is 0.408 e. The van der Waals surface area contributed by atoms with Gasteiger partial charge in [-0.1, -0.05) is 0 Å². The molecular formula is C30H51N7O15. The Bertz CT molecular complexity index is 1230. The second kappa shape index (κ2) is 30.1. The number of hydrogen-bond acceptors (Lipinski definition) is 11. The maximum Gasteiger partial charge on any atom is 0.408 e. The molecule has 0 aliphatic rings. The zero-order valence-corrected chi connectivity index (χ0v) is 29.9. The normalized spacial score (nSPS) is 12.1. The Kier molecular flexibility index (Phi) is 32.2. The Morgan fingerprint density at radius 3 is 1.27 bits per heavy atom. The number of aliphatic hydroxyl groups is 1. The van der Waals surface area contributed by atoms with Crippen LogP contribution in [0, 0.1) is 19.7 Å². The number of ether oxygens (including phenoxy) is 2. The van der Waals surface area contributed by atoms with Gasteiger partial charge in [-0.05, 0) is 48.0 Å². The van der Waals surface area contributed by atoms with Gasteiger partial charge in [0.25, 0.3) is 0 Å². The van der Waals surface area contributed by atoms with Crippen LogP contribution < -0.4 is 22.1 Å². The van der Waals surface area contributed by atoms with Gasteiger partial charge in [0.2, 0.25) is 25.5 Å². The van der Waals surface area contributed by atoms with Crippen LogP contribution in [0.15, 0.2) is 0 Å². The Morgan fingerprint density at radius 1 is 0.635 bits per heavy atom. The van der Waals surface area contributed by atoms with Gasteiger partial charge in [-0.2, -0.15) is 0 Å². The summed E-state index contributed by atoms with van der Waals surface area (Å²) >= 11 is 0. The highest BCUT2D eigenvalue weighted by atomic mass is 16.6. The summed E-state index contributed by atoms with van der Waals surface area (Å²) in [5, 5.41) is 46.7. The third-order valence-corrected chi connectivity index (χ3v) is 4.86. The zero-order valence-electron chi connectivity index (χ0n) is 29.9. The molecule has 0 fully saturated rings. The van der Waals surface area contributed by atoms with E-state index in [1.165, 1.54) is 0 Å². The van der Waals surface area contributed by atoms with Crippen LogP contribution in [-0.2, 0) is 33.4 Å². The number of aliphatic carboxylic acids is 4. The number of carboxylic acids is 4. The molecule has 3 amide bonds. The van der Waals surface area contributed by atoms with Crippen molar-refractivity contribution in [1.29, 1.82) is 0 Å². The Balaban J connectivity index is -0.000000195. The monoisotopic (exact) mass is 749 g/mol. The number of nitrogens with zero attached hydrogens (tertiary/aromatic N) is 3. The van der Waals surface area contributed by atoms with Crippen molar-refractivity contribution in [3.8, 4) is 0 Å². The first-order valence-electron chi connectivity index (χ1n) is 14.9. The molecule has 0 radical (unpaired) electrons. The number of carbonyl (C=O) groups is 7. The highest BCUT2D eigenvalue weighted by molar-refractivity contribution is 5.81. The molecule has 0 heterocycles. The first-order valence-corrected chi connectivity index (χ1v) is 14.9. The number of alkyl carbamates (subject to hydrolysis) is 2. The lowest BCUT2D eigenvalue weighted by molar-refractivity contribution is -0.146. The van der Waals surface area contributed by atoms with E-state index in [2.05, 4.69) is 25.2 Å². The Hall–Kier alpha value is -5.76. The van der Waals surface area contributed by atoms with Crippen molar-refractivity contribution in [2.45, 2.75) is 109 Å². The van der Waals surface area contributed by atoms with Crippen LogP contribution in [0.5, 0.6) is 0 Å². The number of nitrogens with two attached hydrogens (primary N) is 2. The summed E-state index contributed by atoms with van der Waals surface area (Å²) in [4.78, 5) is 83.3. The van der Waals surface area contributed by atoms with Crippen molar-refractivity contribution in [3.63, 3.8) is 0 Å². The predicted molar refractivity (Wildman–Crippen MR) is 181 cm³/mol. The van der Waals surface area contributed by atoms with Gasteiger partial charge in [0, 0.05) is 12.8 Å². The van der Waals surface area contributed by atoms with Gasteiger partial charge in [-0.15, -0.1) is 0 Å². The summed E-state index contributed by atoms with van der Waals surface area (Å²) in [6, 6.07) is -3.14. The molecule has 4 atom stereocenters. The molecule has 296 valence electrons. The molecule has 0 aliphatic carbocycles. The molecule has 0 aromatic rings. The lowest BCUT2D eigenvalue weighted by Crippen LogP contribution is -2.43. The summed E-state index contributed by atoms with van der Waals surface area (Å²) in [5.74, 6) is -5.34. The molecule has 52 heavy (non-hydrogen) atoms. The van der Waals surface area contributed by atoms with E-state index in [-0.39, 0.29) is 57.2 Å². The fraction of sp³-hybridized carbons (Fsp3) is 0.667. The maximum atomic E-state index is 11.3. The molecular weight excluding hydrogens is 698 g/mol. The average molecular weight is 750 g/mol. The molecule has 0 bridgehead atoms. The molecule has 0 aromatic carbocycles. The van der Waals surface area contributed by atoms with E-state index in [0.29, 0.717) is 0 Å². The highest BCUT2D eigenvalue weighted by Gasteiger charge is 2.25. The first kappa shape index (κ1) is 55.6. The number of hydrogen-bond donors (Lipinski definition) is 9. The van der Waals surface area contributed by atoms with Gasteiger partial charge in [-0.3, -0.25) is 9.59 Å². The average Bonchev–Trinajstić information content (AvgIpc) is 2.97. The van der Waals surface area contributed by atoms with Crippen LogP contribution in [-0.4, -0.2) is 128 Å². The Morgan fingerprint density at radius 2 is 0.981 bits per heavy atom. The number of aliphatic hydroxyl groups excluding tert-OH is 1. The number of primary amides is 1. The van der Waals surface area contributed by atoms with E-state index in [0.717, 1.165) is 0 Å². The molecule has 22 heteroatoms. The highest BCUT2D eigenvalue weighted by Crippen LogP contribution is 2.08. The van der Waals surface area contributed by atoms with Crippen LogP contribution in [0.1, 0.15) is 73.6 Å². The summed E-state index contributed by atoms with van der Waals surface area (Å²) in [5.41, 5.74) is 8.57. The van der Waals surface area contributed by atoms with E-state index in [4.69, 9.17) is 66.2 Å². The fourth-order valence-electron chi connectivity index (χ4n) is 2.53. The third kappa shape index (κ3) is 40.4. The summed E-state index contributed by atoms with van der Waals surface area (Å²) in [6.45, 7) is 29.4. The molecule has 13 N–H and O–H groups in total. The lowest BCUT2D eigenvalue weighted by Gasteiger charge is -2.21. The molecule has 0 aliphatic heterocycles. The standard InChI is InChI=1S/C10H18N2O5.C10H16N2O4.C5H8N2O2.C5H7NO3.H2O/c1-10(2,3)17-9(16)12-6(8(14)15)4-5-7(11)13;1-10(2,3)16-9(15)12-7(8(13)14)5-6-11-4;1-7-3-2-4(6)5(8)9;1-6-3-2-4(7)5(8)9;/h6H,4-5H2,1-3H3,(H2,11,13)(H,12,16)(H,14,15);7H,5-6H2,1-3H3,(H,12,15)(H,13,14);4H,2-3,6H2,(H,8,9);4,7H,2-3H2,(H,8,9);1H2/t6-;7-;2*4-;/m1111./s1. The molecule has 0 aromatic heterocycles. The minimum absolute atomic E-state index is 0. The zero-order chi connectivity index (χ0) is 41.0. The number of nitrogens with one attached hydrogen (secondary N) is 2. The second-order valence-corrected chi connectivity index (χ2v) is 11.9. The van der Waals surface area contributed by atoms with Gasteiger partial charge in [-0.25, -0.2) is 43.7 Å². The lowest BCUT2D eigenvalue weighted by atomic mass is 10.1. The minimum atomic E-state index is -1.38. The van der Waals surface area contributed by atoms with Crippen molar-refractivity contribution >= 4 is 42.0 Å². The second-order valence-electron chi connectivity index (χ2n) is 11.9. The third-order valence-electron chi connectivity index (χ3n) is 4.86. The van der Waals surface area contributed by atoms with Gasteiger partial charge in [0.05, 0.1) is 12.8 Å². The van der Waals surface area contributed by atoms with Crippen LogP contribution in [0.4, 0.5) is 9.59 Å². The van der Waals surface area contributed by atoms with Crippen LogP contribution in [0.3, 0.4) is 0 Å². The summed E-state index contributed by atoms with van der Waals surface area (Å²) in [6.07, 6.45) is -2.87. The summed E-state index contributed by atoms with van der Waals surface area (Å²) in [7, 11) is 0. The predicted octanol–water partition coefficient (Wildman–Crippen LogP) is 0.128. The first-order chi connectivity index (χ1) is 23.2. The van der Waals surface area contributed by atoms with E-state index in [9.17, 15) is 33.6 Å². The molecule has 0 rings (SSSR count). The molecule has 0 saturated heterocycles. The van der Waals surface area contributed by atoms with Crippen molar-refractivity contribution in [2.24, 2.45) is 11.5 Å². The van der Waals surface area contributed by atoms with E-state index >= 15 is 0 Å². The largest absolute Gasteiger partial charge is 0.480 e. The van der Waals surface area contributed by atoms with E-state index < -0.39 is 77.4 Å². The van der Waals surface area contributed by atoms with Gasteiger partial charge in [0.15, 0.2) is 6.10 Å². The number of carboxylic acid groups (broad SMARTS) is 4. The van der Waals surface area contributed by atoms with Gasteiger partial charge >= 0.3 is 36.1 Å². The molecule has 22 nitrogen and oxygen atoms in total. The fourth-order valence-corrected chi connectivity index (χ4v) is 2.53. The van der Waals surface area contributed by atoms with Crippen molar-refractivity contribution < 1.29 is 74.0 Å². The minimum Gasteiger partial charge on any atom is -0.480 e. The molecule has 0 saturated carbocycles. The SMILES string of the molecule is CC(C)(C)OC(=O)N[C@H](CCC(N)=O)C(=O)O.O.[C-]#[N+]CC[C@@H](N)C(=O)O.[C-]#[N+]CC[C@@H](NC(=O)OC(C)(C)C)C(=O)O.[C-]#[N+]CC[C@@H](O)C(=O)O. The van der Waals surface area contributed by atoms with Crippen LogP contribution in [0.25, 0.3) is 14.5 Å². The van der Waals surface area contributed by atoms with Gasteiger partial charge in [0.1, 0.15) is 29.3 Å². The molecule has 0 spiro atoms. The van der Waals surface area contributed by atoms with Gasteiger partial charge < -0.3 is 77.1 Å². The summed E-state index contributed by atoms with van der Waals surface area (Å²) < 4.78 is 9.80. The number of rotatable bonds is 15. The topological polar surface area (TPSA) is 360 Å². The van der Waals surface area contributed by atoms with Crippen molar-refractivity contribution in [3.05, 3.63) is 34.3 Å².